The quantitative estimate of drug-likeness (QED) is 0.619. The number of fused-ring (bicyclic) bond motifs is 1. The fourth-order valence-electron chi connectivity index (χ4n) is 4.03. The van der Waals surface area contributed by atoms with Gasteiger partial charge in [-0.2, -0.15) is 0 Å². The maximum atomic E-state index is 12.8. The SMILES string of the molecule is COc1ccc(-c2csc3nc(C)nc(N4CCC[C@@H]4C(=O)N(C)C)c23)cc1OC. The van der Waals surface area contributed by atoms with Crippen molar-refractivity contribution in [3.8, 4) is 22.6 Å². The van der Waals surface area contributed by atoms with Crippen LogP contribution < -0.4 is 14.4 Å². The van der Waals surface area contributed by atoms with Crippen LogP contribution in [0.1, 0.15) is 18.7 Å². The minimum atomic E-state index is -0.198. The third-order valence-electron chi connectivity index (χ3n) is 5.47. The summed E-state index contributed by atoms with van der Waals surface area (Å²) in [5, 5.41) is 3.08. The first-order valence-electron chi connectivity index (χ1n) is 9.90. The molecule has 1 saturated heterocycles. The Morgan fingerprint density at radius 3 is 2.67 bits per heavy atom. The molecule has 0 spiro atoms. The molecule has 8 heteroatoms. The number of likely N-dealkylation sites (N-methyl/N-ethyl adjacent to an activating group) is 1. The van der Waals surface area contributed by atoms with Crippen LogP contribution in [0.15, 0.2) is 23.6 Å². The van der Waals surface area contributed by atoms with Gasteiger partial charge in [0.15, 0.2) is 11.5 Å². The fraction of sp³-hybridized carbons (Fsp3) is 0.409. The second-order valence-electron chi connectivity index (χ2n) is 7.58. The standard InChI is InChI=1S/C22H26N4O3S/c1-13-23-20(26-10-6-7-16(26)22(27)25(2)3)19-15(12-30-21(19)24-13)14-8-9-17(28-4)18(11-14)29-5/h8-9,11-12,16H,6-7,10H2,1-5H3/t16-/m1/s1. The Bertz CT molecular complexity index is 1100. The van der Waals surface area contributed by atoms with Crippen molar-refractivity contribution >= 4 is 33.3 Å². The molecule has 0 aliphatic carbocycles. The lowest BCUT2D eigenvalue weighted by Gasteiger charge is -2.28. The molecule has 0 N–H and O–H groups in total. The molecular formula is C22H26N4O3S. The van der Waals surface area contributed by atoms with E-state index < -0.39 is 0 Å². The molecule has 1 aliphatic heterocycles. The number of amides is 1. The van der Waals surface area contributed by atoms with Gasteiger partial charge in [0, 0.05) is 31.6 Å². The Hall–Kier alpha value is -2.87. The summed E-state index contributed by atoms with van der Waals surface area (Å²) in [4.78, 5) is 27.0. The molecule has 0 radical (unpaired) electrons. The molecule has 4 rings (SSSR count). The van der Waals surface area contributed by atoms with E-state index in [-0.39, 0.29) is 11.9 Å². The van der Waals surface area contributed by atoms with Crippen LogP contribution in [0.25, 0.3) is 21.3 Å². The molecule has 1 fully saturated rings. The van der Waals surface area contributed by atoms with E-state index in [9.17, 15) is 4.79 Å². The number of rotatable bonds is 5. The number of nitrogens with zero attached hydrogens (tertiary/aromatic N) is 4. The van der Waals surface area contributed by atoms with Gasteiger partial charge in [0.1, 0.15) is 22.5 Å². The molecule has 0 saturated carbocycles. The Labute approximate surface area is 180 Å². The topological polar surface area (TPSA) is 67.8 Å². The van der Waals surface area contributed by atoms with Crippen molar-refractivity contribution in [2.45, 2.75) is 25.8 Å². The van der Waals surface area contributed by atoms with Gasteiger partial charge in [0.2, 0.25) is 5.91 Å². The van der Waals surface area contributed by atoms with Gasteiger partial charge in [-0.1, -0.05) is 6.07 Å². The Morgan fingerprint density at radius 1 is 1.20 bits per heavy atom. The smallest absolute Gasteiger partial charge is 0.244 e. The van der Waals surface area contributed by atoms with Crippen LogP contribution in [-0.2, 0) is 4.79 Å². The molecule has 1 amide bonds. The Kier molecular flexibility index (Phi) is 5.51. The minimum Gasteiger partial charge on any atom is -0.493 e. The highest BCUT2D eigenvalue weighted by molar-refractivity contribution is 7.17. The first-order chi connectivity index (χ1) is 14.4. The van der Waals surface area contributed by atoms with E-state index in [0.717, 1.165) is 46.5 Å². The zero-order valence-corrected chi connectivity index (χ0v) is 18.7. The van der Waals surface area contributed by atoms with E-state index in [1.54, 1.807) is 44.6 Å². The summed E-state index contributed by atoms with van der Waals surface area (Å²) in [7, 11) is 6.87. The van der Waals surface area contributed by atoms with Crippen molar-refractivity contribution in [3.05, 3.63) is 29.4 Å². The summed E-state index contributed by atoms with van der Waals surface area (Å²) in [5.74, 6) is 3.01. The number of aromatic nitrogens is 2. The number of hydrogen-bond donors (Lipinski definition) is 0. The summed E-state index contributed by atoms with van der Waals surface area (Å²) in [6, 6.07) is 5.69. The first kappa shape index (κ1) is 20.4. The normalized spacial score (nSPS) is 16.2. The van der Waals surface area contributed by atoms with Crippen LogP contribution in [-0.4, -0.2) is 61.7 Å². The molecule has 158 valence electrons. The number of ether oxygens (including phenoxy) is 2. The molecule has 1 atom stereocenters. The molecule has 3 aromatic rings. The second kappa shape index (κ2) is 8.10. The number of aryl methyl sites for hydroxylation is 1. The van der Waals surface area contributed by atoms with Gasteiger partial charge < -0.3 is 19.3 Å². The van der Waals surface area contributed by atoms with Gasteiger partial charge in [-0.05, 0) is 37.5 Å². The molecule has 1 aliphatic rings. The number of hydrogen-bond acceptors (Lipinski definition) is 7. The first-order valence-corrected chi connectivity index (χ1v) is 10.8. The van der Waals surface area contributed by atoms with Gasteiger partial charge in [-0.3, -0.25) is 4.79 Å². The fourth-order valence-corrected chi connectivity index (χ4v) is 5.01. The number of anilines is 1. The highest BCUT2D eigenvalue weighted by atomic mass is 32.1. The average Bonchev–Trinajstić information content (AvgIpc) is 3.39. The summed E-state index contributed by atoms with van der Waals surface area (Å²) in [6.45, 7) is 2.70. The molecule has 7 nitrogen and oxygen atoms in total. The van der Waals surface area contributed by atoms with Gasteiger partial charge >= 0.3 is 0 Å². The predicted molar refractivity (Wildman–Crippen MR) is 120 cm³/mol. The highest BCUT2D eigenvalue weighted by Crippen LogP contribution is 2.42. The lowest BCUT2D eigenvalue weighted by atomic mass is 10.0. The summed E-state index contributed by atoms with van der Waals surface area (Å²) < 4.78 is 10.9. The van der Waals surface area contributed by atoms with Gasteiger partial charge in [-0.25, -0.2) is 9.97 Å². The summed E-state index contributed by atoms with van der Waals surface area (Å²) in [5.41, 5.74) is 2.04. The van der Waals surface area contributed by atoms with E-state index >= 15 is 0 Å². The monoisotopic (exact) mass is 426 g/mol. The van der Waals surface area contributed by atoms with E-state index in [1.165, 1.54) is 0 Å². The van der Waals surface area contributed by atoms with Crippen LogP contribution in [0.4, 0.5) is 5.82 Å². The predicted octanol–water partition coefficient (Wildman–Crippen LogP) is 3.74. The molecular weight excluding hydrogens is 400 g/mol. The van der Waals surface area contributed by atoms with E-state index in [4.69, 9.17) is 14.5 Å². The molecule has 2 aromatic heterocycles. The minimum absolute atomic E-state index is 0.111. The molecule has 30 heavy (non-hydrogen) atoms. The van der Waals surface area contributed by atoms with Gasteiger partial charge in [-0.15, -0.1) is 11.3 Å². The average molecular weight is 427 g/mol. The van der Waals surface area contributed by atoms with E-state index in [1.807, 2.05) is 25.1 Å². The molecule has 0 bridgehead atoms. The lowest BCUT2D eigenvalue weighted by Crippen LogP contribution is -2.43. The van der Waals surface area contributed by atoms with Gasteiger partial charge in [0.25, 0.3) is 0 Å². The van der Waals surface area contributed by atoms with Gasteiger partial charge in [0.05, 0.1) is 19.6 Å². The second-order valence-corrected chi connectivity index (χ2v) is 8.44. The van der Waals surface area contributed by atoms with Crippen molar-refractivity contribution < 1.29 is 14.3 Å². The van der Waals surface area contributed by atoms with Crippen LogP contribution in [0.2, 0.25) is 0 Å². The third kappa shape index (κ3) is 3.45. The summed E-state index contributed by atoms with van der Waals surface area (Å²) >= 11 is 1.59. The highest BCUT2D eigenvalue weighted by Gasteiger charge is 2.34. The van der Waals surface area contributed by atoms with Crippen LogP contribution in [0.5, 0.6) is 11.5 Å². The lowest BCUT2D eigenvalue weighted by molar-refractivity contribution is -0.129. The zero-order valence-electron chi connectivity index (χ0n) is 17.9. The van der Waals surface area contributed by atoms with Crippen molar-refractivity contribution in [1.82, 2.24) is 14.9 Å². The number of thiophene rings is 1. The van der Waals surface area contributed by atoms with Crippen molar-refractivity contribution in [3.63, 3.8) is 0 Å². The van der Waals surface area contributed by atoms with Crippen molar-refractivity contribution in [2.24, 2.45) is 0 Å². The molecule has 0 unspecified atom stereocenters. The Balaban J connectivity index is 1.88. The van der Waals surface area contributed by atoms with Crippen LogP contribution in [0.3, 0.4) is 0 Å². The van der Waals surface area contributed by atoms with Crippen molar-refractivity contribution in [1.29, 1.82) is 0 Å². The third-order valence-corrected chi connectivity index (χ3v) is 6.34. The summed E-state index contributed by atoms with van der Waals surface area (Å²) in [6.07, 6.45) is 1.79. The largest absolute Gasteiger partial charge is 0.493 e. The zero-order chi connectivity index (χ0) is 21.4. The maximum Gasteiger partial charge on any atom is 0.244 e. The number of benzene rings is 1. The van der Waals surface area contributed by atoms with E-state index in [2.05, 4.69) is 15.3 Å². The van der Waals surface area contributed by atoms with Crippen molar-refractivity contribution in [2.75, 3.05) is 39.8 Å². The molecule has 3 heterocycles. The number of carbonyl (C=O) groups is 1. The van der Waals surface area contributed by atoms with Crippen LogP contribution >= 0.6 is 11.3 Å². The molecule has 1 aromatic carbocycles. The number of carbonyl (C=O) groups excluding carboxylic acids is 1. The van der Waals surface area contributed by atoms with Crippen LogP contribution in [0, 0.1) is 6.92 Å². The van der Waals surface area contributed by atoms with E-state index in [0.29, 0.717) is 17.3 Å². The Morgan fingerprint density at radius 2 is 1.97 bits per heavy atom. The number of methoxy groups -OCH3 is 2. The maximum absolute atomic E-state index is 12.8.